The molecule has 1 heterocycles. The highest BCUT2D eigenvalue weighted by Crippen LogP contribution is 2.18. The Morgan fingerprint density at radius 1 is 1.04 bits per heavy atom. The molecule has 0 radical (unpaired) electrons. The molecule has 1 aromatic heterocycles. The number of Topliss-reactive ketones (excluding diaryl/α,β-unsaturated/α-hetero) is 1. The standard InChI is InChI=1S/C18H14N2O3S/c1-11(21)12-6-4-7-14(9-12)19-18(24)20-17(22)16-10-13-5-2-3-8-15(13)23-16/h2-10H,1H3,(H2,19,20,22,24). The summed E-state index contributed by atoms with van der Waals surface area (Å²) in [6, 6.07) is 15.9. The fourth-order valence-electron chi connectivity index (χ4n) is 2.24. The molecule has 2 N–H and O–H groups in total. The van der Waals surface area contributed by atoms with E-state index in [9.17, 15) is 9.59 Å². The number of para-hydroxylation sites is 1. The van der Waals surface area contributed by atoms with E-state index in [1.165, 1.54) is 6.92 Å². The molecule has 0 bridgehead atoms. The zero-order chi connectivity index (χ0) is 17.1. The molecule has 0 atom stereocenters. The number of ketones is 1. The van der Waals surface area contributed by atoms with Crippen LogP contribution in [0.25, 0.3) is 11.0 Å². The van der Waals surface area contributed by atoms with Gasteiger partial charge < -0.3 is 9.73 Å². The van der Waals surface area contributed by atoms with Crippen LogP contribution >= 0.6 is 12.2 Å². The van der Waals surface area contributed by atoms with Crippen LogP contribution in [0.5, 0.6) is 0 Å². The molecule has 3 rings (SSSR count). The minimum Gasteiger partial charge on any atom is -0.451 e. The van der Waals surface area contributed by atoms with Crippen LogP contribution in [0.3, 0.4) is 0 Å². The van der Waals surface area contributed by atoms with Crippen LogP contribution in [-0.4, -0.2) is 16.8 Å². The summed E-state index contributed by atoms with van der Waals surface area (Å²) in [4.78, 5) is 23.6. The highest BCUT2D eigenvalue weighted by atomic mass is 32.1. The van der Waals surface area contributed by atoms with Gasteiger partial charge >= 0.3 is 0 Å². The van der Waals surface area contributed by atoms with E-state index in [1.807, 2.05) is 18.2 Å². The molecule has 0 aliphatic heterocycles. The lowest BCUT2D eigenvalue weighted by Gasteiger charge is -2.09. The van der Waals surface area contributed by atoms with Crippen LogP contribution in [0, 0.1) is 0 Å². The molecule has 0 aliphatic carbocycles. The highest BCUT2D eigenvalue weighted by molar-refractivity contribution is 7.80. The molecule has 0 saturated carbocycles. The third-order valence-corrected chi connectivity index (χ3v) is 3.61. The number of carbonyl (C=O) groups excluding carboxylic acids is 2. The van der Waals surface area contributed by atoms with Crippen molar-refractivity contribution in [2.75, 3.05) is 5.32 Å². The Balaban J connectivity index is 1.69. The van der Waals surface area contributed by atoms with Crippen molar-refractivity contribution in [2.24, 2.45) is 0 Å². The van der Waals surface area contributed by atoms with Gasteiger partial charge in [0.2, 0.25) is 0 Å². The van der Waals surface area contributed by atoms with E-state index in [1.54, 1.807) is 36.4 Å². The zero-order valence-electron chi connectivity index (χ0n) is 12.8. The van der Waals surface area contributed by atoms with Gasteiger partial charge in [-0.05, 0) is 43.4 Å². The first kappa shape index (κ1) is 15.9. The van der Waals surface area contributed by atoms with Gasteiger partial charge in [-0.1, -0.05) is 30.3 Å². The van der Waals surface area contributed by atoms with Crippen molar-refractivity contribution in [3.05, 3.63) is 65.9 Å². The van der Waals surface area contributed by atoms with Crippen molar-refractivity contribution >= 4 is 45.7 Å². The lowest BCUT2D eigenvalue weighted by molar-refractivity contribution is 0.0951. The van der Waals surface area contributed by atoms with Crippen LogP contribution in [-0.2, 0) is 0 Å². The number of rotatable bonds is 3. The first-order valence-electron chi connectivity index (χ1n) is 7.25. The number of nitrogens with one attached hydrogen (secondary N) is 2. The molecule has 5 nitrogen and oxygen atoms in total. The Bertz CT molecular complexity index is 913. The number of furan rings is 1. The first-order valence-corrected chi connectivity index (χ1v) is 7.65. The lowest BCUT2D eigenvalue weighted by atomic mass is 10.1. The topological polar surface area (TPSA) is 71.3 Å². The predicted molar refractivity (Wildman–Crippen MR) is 96.3 cm³/mol. The summed E-state index contributed by atoms with van der Waals surface area (Å²) in [5.74, 6) is -0.305. The maximum atomic E-state index is 12.2. The molecular formula is C18H14N2O3S. The predicted octanol–water partition coefficient (Wildman–Crippen LogP) is 3.76. The quantitative estimate of drug-likeness (QED) is 0.562. The number of carbonyl (C=O) groups is 2. The molecule has 0 saturated heterocycles. The molecule has 0 fully saturated rings. The maximum Gasteiger partial charge on any atom is 0.293 e. The first-order chi connectivity index (χ1) is 11.5. The van der Waals surface area contributed by atoms with E-state index in [2.05, 4.69) is 10.6 Å². The van der Waals surface area contributed by atoms with Crippen molar-refractivity contribution in [2.45, 2.75) is 6.92 Å². The summed E-state index contributed by atoms with van der Waals surface area (Å²) < 4.78 is 5.49. The van der Waals surface area contributed by atoms with Gasteiger partial charge in [0.25, 0.3) is 5.91 Å². The van der Waals surface area contributed by atoms with E-state index in [0.29, 0.717) is 16.8 Å². The lowest BCUT2D eigenvalue weighted by Crippen LogP contribution is -2.33. The monoisotopic (exact) mass is 338 g/mol. The van der Waals surface area contributed by atoms with Crippen molar-refractivity contribution in [3.8, 4) is 0 Å². The molecule has 0 unspecified atom stereocenters. The van der Waals surface area contributed by atoms with Crippen LogP contribution in [0.2, 0.25) is 0 Å². The third-order valence-electron chi connectivity index (χ3n) is 3.40. The molecule has 0 spiro atoms. The fraction of sp³-hybridized carbons (Fsp3) is 0.0556. The second kappa shape index (κ2) is 6.64. The Kier molecular flexibility index (Phi) is 4.39. The molecule has 6 heteroatoms. The van der Waals surface area contributed by atoms with Crippen molar-refractivity contribution in [1.82, 2.24) is 5.32 Å². The summed E-state index contributed by atoms with van der Waals surface area (Å²) >= 11 is 5.13. The molecule has 0 aliphatic rings. The summed E-state index contributed by atoms with van der Waals surface area (Å²) in [5, 5.41) is 6.40. The highest BCUT2D eigenvalue weighted by Gasteiger charge is 2.13. The van der Waals surface area contributed by atoms with Gasteiger partial charge in [0.05, 0.1) is 0 Å². The maximum absolute atomic E-state index is 12.2. The Hall–Kier alpha value is -2.99. The summed E-state index contributed by atoms with van der Waals surface area (Å²) in [5.41, 5.74) is 1.82. The van der Waals surface area contributed by atoms with E-state index in [0.717, 1.165) is 5.39 Å². The van der Waals surface area contributed by atoms with Gasteiger partial charge in [-0.3, -0.25) is 14.9 Å². The number of amides is 1. The van der Waals surface area contributed by atoms with Crippen molar-refractivity contribution in [3.63, 3.8) is 0 Å². The average Bonchev–Trinajstić information content (AvgIpc) is 2.99. The van der Waals surface area contributed by atoms with Gasteiger partial charge in [0.1, 0.15) is 5.58 Å². The van der Waals surface area contributed by atoms with E-state index in [4.69, 9.17) is 16.6 Å². The molecule has 3 aromatic rings. The molecule has 1 amide bonds. The Morgan fingerprint density at radius 3 is 2.58 bits per heavy atom. The van der Waals surface area contributed by atoms with Crippen LogP contribution in [0.1, 0.15) is 27.8 Å². The van der Waals surface area contributed by atoms with Crippen LogP contribution < -0.4 is 10.6 Å². The molecule has 120 valence electrons. The van der Waals surface area contributed by atoms with Gasteiger partial charge in [0, 0.05) is 16.6 Å². The smallest absolute Gasteiger partial charge is 0.293 e. The fourth-order valence-corrected chi connectivity index (χ4v) is 2.45. The molecular weight excluding hydrogens is 324 g/mol. The van der Waals surface area contributed by atoms with Gasteiger partial charge in [-0.15, -0.1) is 0 Å². The zero-order valence-corrected chi connectivity index (χ0v) is 13.6. The third kappa shape index (κ3) is 3.49. The second-order valence-corrected chi connectivity index (χ2v) is 5.60. The minimum absolute atomic E-state index is 0.0455. The van der Waals surface area contributed by atoms with E-state index in [-0.39, 0.29) is 16.7 Å². The Labute approximate surface area is 143 Å². The molecule has 24 heavy (non-hydrogen) atoms. The summed E-state index contributed by atoms with van der Waals surface area (Å²) in [6.45, 7) is 1.49. The second-order valence-electron chi connectivity index (χ2n) is 5.19. The van der Waals surface area contributed by atoms with Gasteiger partial charge in [-0.25, -0.2) is 0 Å². The summed E-state index contributed by atoms with van der Waals surface area (Å²) in [6.07, 6.45) is 0. The SMILES string of the molecule is CC(=O)c1cccc(NC(=S)NC(=O)c2cc3ccccc3o2)c1. The average molecular weight is 338 g/mol. The number of hydrogen-bond donors (Lipinski definition) is 2. The van der Waals surface area contributed by atoms with Crippen LogP contribution in [0.15, 0.2) is 59.0 Å². The number of benzene rings is 2. The van der Waals surface area contributed by atoms with E-state index < -0.39 is 5.91 Å². The number of thiocarbonyl (C=S) groups is 1. The van der Waals surface area contributed by atoms with Crippen LogP contribution in [0.4, 0.5) is 5.69 Å². The number of hydrogen-bond acceptors (Lipinski definition) is 4. The van der Waals surface area contributed by atoms with Gasteiger partial charge in [0.15, 0.2) is 16.7 Å². The largest absolute Gasteiger partial charge is 0.451 e. The minimum atomic E-state index is -0.438. The summed E-state index contributed by atoms with van der Waals surface area (Å²) in [7, 11) is 0. The van der Waals surface area contributed by atoms with Crippen molar-refractivity contribution in [1.29, 1.82) is 0 Å². The number of fused-ring (bicyclic) bond motifs is 1. The van der Waals surface area contributed by atoms with Gasteiger partial charge in [-0.2, -0.15) is 0 Å². The normalized spacial score (nSPS) is 10.4. The van der Waals surface area contributed by atoms with E-state index >= 15 is 0 Å². The molecule has 2 aromatic carbocycles. The number of anilines is 1. The Morgan fingerprint density at radius 2 is 1.83 bits per heavy atom. The van der Waals surface area contributed by atoms with Crippen molar-refractivity contribution < 1.29 is 14.0 Å².